The van der Waals surface area contributed by atoms with Gasteiger partial charge in [0.05, 0.1) is 0 Å². The van der Waals surface area contributed by atoms with Gasteiger partial charge in [-0.25, -0.2) is 4.79 Å². The second-order valence-electron chi connectivity index (χ2n) is 2.83. The SMILES string of the molecule is C[SiH2]O[SiH3].NC(=O)NC=Cc1ccccc1. The van der Waals surface area contributed by atoms with Gasteiger partial charge < -0.3 is 15.2 Å². The maximum Gasteiger partial charge on any atom is 0.316 e. The lowest BCUT2D eigenvalue weighted by Gasteiger charge is -1.92. The first-order valence-corrected chi connectivity index (χ1v) is 7.78. The molecule has 0 atom stereocenters. The lowest BCUT2D eigenvalue weighted by molar-refractivity contribution is 0.252. The van der Waals surface area contributed by atoms with Crippen molar-refractivity contribution in [2.75, 3.05) is 0 Å². The van der Waals surface area contributed by atoms with Gasteiger partial charge in [-0.15, -0.1) is 0 Å². The van der Waals surface area contributed by atoms with Crippen molar-refractivity contribution in [3.63, 3.8) is 0 Å². The van der Waals surface area contributed by atoms with Gasteiger partial charge in [0.2, 0.25) is 0 Å². The van der Waals surface area contributed by atoms with Crippen molar-refractivity contribution in [1.82, 2.24) is 5.32 Å². The van der Waals surface area contributed by atoms with E-state index in [1.807, 2.05) is 30.3 Å². The summed E-state index contributed by atoms with van der Waals surface area (Å²) in [5.74, 6) is 0. The number of hydrogen-bond acceptors (Lipinski definition) is 2. The molecule has 0 bridgehead atoms. The van der Waals surface area contributed by atoms with Crippen LogP contribution >= 0.6 is 0 Å². The van der Waals surface area contributed by atoms with Gasteiger partial charge in [0.15, 0.2) is 0 Å². The normalized spacial score (nSPS) is 10.3. The van der Waals surface area contributed by atoms with E-state index >= 15 is 0 Å². The first-order chi connectivity index (χ1) is 7.70. The van der Waals surface area contributed by atoms with Gasteiger partial charge in [0.25, 0.3) is 0 Å². The molecule has 88 valence electrons. The molecule has 0 aliphatic rings. The third-order valence-electron chi connectivity index (χ3n) is 1.59. The predicted octanol–water partition coefficient (Wildman–Crippen LogP) is -0.259. The van der Waals surface area contributed by atoms with Gasteiger partial charge in [-0.1, -0.05) is 36.9 Å². The summed E-state index contributed by atoms with van der Waals surface area (Å²) in [5, 5.41) is 2.35. The molecule has 0 heterocycles. The third kappa shape index (κ3) is 9.19. The number of amides is 2. The number of carbonyl (C=O) groups is 1. The smallest absolute Gasteiger partial charge is 0.316 e. The van der Waals surface area contributed by atoms with Crippen molar-refractivity contribution in [1.29, 1.82) is 0 Å². The van der Waals surface area contributed by atoms with Crippen molar-refractivity contribution in [2.45, 2.75) is 6.55 Å². The lowest BCUT2D eigenvalue weighted by Crippen LogP contribution is -2.23. The van der Waals surface area contributed by atoms with E-state index < -0.39 is 6.03 Å². The Hall–Kier alpha value is -1.38. The zero-order valence-electron chi connectivity index (χ0n) is 9.64. The summed E-state index contributed by atoms with van der Waals surface area (Å²) in [6, 6.07) is 9.08. The maximum atomic E-state index is 10.2. The van der Waals surface area contributed by atoms with Gasteiger partial charge in [0.1, 0.15) is 20.2 Å². The Balaban J connectivity index is 0.000000487. The van der Waals surface area contributed by atoms with Gasteiger partial charge in [0, 0.05) is 6.20 Å². The van der Waals surface area contributed by atoms with Crippen LogP contribution in [-0.2, 0) is 4.12 Å². The number of primary amides is 1. The fourth-order valence-electron chi connectivity index (χ4n) is 0.784. The molecule has 16 heavy (non-hydrogen) atoms. The molecule has 3 N–H and O–H groups in total. The molecule has 1 aromatic rings. The van der Waals surface area contributed by atoms with Crippen LogP contribution in [0.5, 0.6) is 0 Å². The summed E-state index contributed by atoms with van der Waals surface area (Å²) in [7, 11) is 0.938. The molecule has 0 radical (unpaired) electrons. The van der Waals surface area contributed by atoms with Crippen molar-refractivity contribution in [3.05, 3.63) is 42.1 Å². The van der Waals surface area contributed by atoms with Gasteiger partial charge >= 0.3 is 6.03 Å². The fourth-order valence-corrected chi connectivity index (χ4v) is 0.784. The Kier molecular flexibility index (Phi) is 9.28. The summed E-state index contributed by atoms with van der Waals surface area (Å²) in [4.78, 5) is 10.2. The second kappa shape index (κ2) is 10.2. The Bertz CT molecular complexity index is 316. The highest BCUT2D eigenvalue weighted by atomic mass is 28.3. The van der Waals surface area contributed by atoms with E-state index in [0.29, 0.717) is 0 Å². The Morgan fingerprint density at radius 3 is 2.50 bits per heavy atom. The zero-order valence-corrected chi connectivity index (χ0v) is 13.1. The van der Waals surface area contributed by atoms with E-state index in [1.54, 1.807) is 6.08 Å². The summed E-state index contributed by atoms with van der Waals surface area (Å²) in [6.07, 6.45) is 3.28. The number of nitrogens with two attached hydrogens (primary N) is 1. The molecule has 0 saturated carbocycles. The summed E-state index contributed by atoms with van der Waals surface area (Å²) < 4.78 is 4.82. The van der Waals surface area contributed by atoms with E-state index in [1.165, 1.54) is 6.20 Å². The molecular formula is C10H18N2O2Si2. The molecule has 0 unspecified atom stereocenters. The number of benzene rings is 1. The molecule has 0 aliphatic heterocycles. The minimum atomic E-state index is -0.554. The van der Waals surface area contributed by atoms with Crippen LogP contribution in [0.2, 0.25) is 6.55 Å². The largest absolute Gasteiger partial charge is 0.468 e. The average Bonchev–Trinajstić information content (AvgIpc) is 2.30. The minimum Gasteiger partial charge on any atom is -0.468 e. The Labute approximate surface area is 101 Å². The number of rotatable bonds is 3. The van der Waals surface area contributed by atoms with Crippen LogP contribution in [0.15, 0.2) is 36.5 Å². The molecule has 4 nitrogen and oxygen atoms in total. The predicted molar refractivity (Wildman–Crippen MR) is 73.6 cm³/mol. The van der Waals surface area contributed by atoms with Crippen molar-refractivity contribution in [3.8, 4) is 0 Å². The van der Waals surface area contributed by atoms with Gasteiger partial charge in [-0.2, -0.15) is 0 Å². The molecule has 6 heteroatoms. The van der Waals surface area contributed by atoms with Crippen LogP contribution < -0.4 is 11.1 Å². The zero-order chi connectivity index (χ0) is 12.2. The topological polar surface area (TPSA) is 64.3 Å². The highest BCUT2D eigenvalue weighted by Gasteiger charge is 1.84. The van der Waals surface area contributed by atoms with Crippen molar-refractivity contribution >= 4 is 32.4 Å². The summed E-state index contributed by atoms with van der Waals surface area (Å²) in [6.45, 7) is 2.13. The Morgan fingerprint density at radius 1 is 1.50 bits per heavy atom. The monoisotopic (exact) mass is 254 g/mol. The molecule has 1 aromatic carbocycles. The molecule has 0 aliphatic carbocycles. The Morgan fingerprint density at radius 2 is 2.06 bits per heavy atom. The van der Waals surface area contributed by atoms with Gasteiger partial charge in [-0.3, -0.25) is 0 Å². The minimum absolute atomic E-state index is 0.0139. The van der Waals surface area contributed by atoms with E-state index in [4.69, 9.17) is 9.85 Å². The number of hydrogen-bond donors (Lipinski definition) is 2. The number of urea groups is 1. The van der Waals surface area contributed by atoms with Gasteiger partial charge in [-0.05, 0) is 11.6 Å². The van der Waals surface area contributed by atoms with E-state index in [2.05, 4.69) is 11.9 Å². The molecule has 2 amide bonds. The summed E-state index contributed by atoms with van der Waals surface area (Å²) >= 11 is 0. The standard InChI is InChI=1S/C9H10N2O.CH8OSi2/c10-9(12)11-7-6-8-4-2-1-3-5-8;1-4-2-3/h1-7H,(H3,10,11,12);4H2,1,3H3. The van der Waals surface area contributed by atoms with Crippen LogP contribution in [0.25, 0.3) is 6.08 Å². The number of nitrogens with one attached hydrogen (secondary N) is 1. The third-order valence-corrected chi connectivity index (χ3v) is 3.90. The number of carbonyl (C=O) groups excluding carboxylic acids is 1. The van der Waals surface area contributed by atoms with E-state index in [0.717, 1.165) is 16.0 Å². The van der Waals surface area contributed by atoms with Crippen LogP contribution in [0.3, 0.4) is 0 Å². The first kappa shape index (κ1) is 14.6. The van der Waals surface area contributed by atoms with E-state index in [-0.39, 0.29) is 9.76 Å². The molecule has 1 rings (SSSR count). The van der Waals surface area contributed by atoms with E-state index in [9.17, 15) is 4.79 Å². The molecule has 0 fully saturated rings. The van der Waals surface area contributed by atoms with Crippen LogP contribution in [-0.4, -0.2) is 26.3 Å². The maximum absolute atomic E-state index is 10.2. The molecule has 0 saturated heterocycles. The summed E-state index contributed by atoms with van der Waals surface area (Å²) in [5.41, 5.74) is 5.87. The lowest BCUT2D eigenvalue weighted by atomic mass is 10.2. The van der Waals surface area contributed by atoms with Crippen molar-refractivity contribution in [2.24, 2.45) is 5.73 Å². The quantitative estimate of drug-likeness (QED) is 0.730. The molecular weight excluding hydrogens is 236 g/mol. The fraction of sp³-hybridized carbons (Fsp3) is 0.100. The first-order valence-electron chi connectivity index (χ1n) is 4.97. The van der Waals surface area contributed by atoms with Crippen LogP contribution in [0.1, 0.15) is 5.56 Å². The second-order valence-corrected chi connectivity index (χ2v) is 5.72. The highest BCUT2D eigenvalue weighted by molar-refractivity contribution is 6.32. The van der Waals surface area contributed by atoms with Crippen molar-refractivity contribution < 1.29 is 8.91 Å². The van der Waals surface area contributed by atoms with Crippen LogP contribution in [0, 0.1) is 0 Å². The van der Waals surface area contributed by atoms with Crippen LogP contribution in [0.4, 0.5) is 4.79 Å². The highest BCUT2D eigenvalue weighted by Crippen LogP contribution is 1.99. The average molecular weight is 254 g/mol. The molecule has 0 aromatic heterocycles. The molecule has 0 spiro atoms.